The summed E-state index contributed by atoms with van der Waals surface area (Å²) in [5, 5.41) is 14.2. The molecule has 0 unspecified atom stereocenters. The Balaban J connectivity index is 1.52. The van der Waals surface area contributed by atoms with Gasteiger partial charge in [0.05, 0.1) is 27.0 Å². The summed E-state index contributed by atoms with van der Waals surface area (Å²) in [5.41, 5.74) is 9.70. The molecule has 2 aliphatic rings. The van der Waals surface area contributed by atoms with E-state index in [-0.39, 0.29) is 44.5 Å². The van der Waals surface area contributed by atoms with Crippen molar-refractivity contribution >= 4 is 40.8 Å². The quantitative estimate of drug-likeness (QED) is 0.495. The Morgan fingerprint density at radius 2 is 1.79 bits per heavy atom. The van der Waals surface area contributed by atoms with Crippen LogP contribution in [0.3, 0.4) is 0 Å². The number of nitrogens with one attached hydrogen (secondary N) is 2. The van der Waals surface area contributed by atoms with Gasteiger partial charge >= 0.3 is 6.03 Å². The monoisotopic (exact) mass is 496 g/mol. The van der Waals surface area contributed by atoms with Crippen molar-refractivity contribution in [1.29, 1.82) is 0 Å². The molecule has 0 spiro atoms. The average Bonchev–Trinajstić information content (AvgIpc) is 3.27. The van der Waals surface area contributed by atoms with Gasteiger partial charge in [-0.15, -0.1) is 10.2 Å². The number of halogens is 2. The number of fused-ring (bicyclic) bond motifs is 1. The van der Waals surface area contributed by atoms with Gasteiger partial charge in [-0.25, -0.2) is 9.89 Å². The van der Waals surface area contributed by atoms with Gasteiger partial charge in [0.25, 0.3) is 5.56 Å². The molecule has 172 valence electrons. The van der Waals surface area contributed by atoms with E-state index in [0.29, 0.717) is 5.56 Å². The van der Waals surface area contributed by atoms with Gasteiger partial charge in [0.1, 0.15) is 0 Å². The number of hydrogen-bond donors (Lipinski definition) is 3. The standard InChI is InChI=1S/C23H18Cl2N6O3/c1-11-21(26)30-31(23(33)27-11)15-8-17(24)20(18(25)9-15)34-22-16(10-19(32)28-29-22)14-6-5-12-3-2-4-13(12)7-14/h5-10H,1-4H2,(H2,26,30)(H,27,33)(H,28,32). The number of carbonyl (C=O) groups is 1. The first kappa shape index (κ1) is 22.0. The van der Waals surface area contributed by atoms with E-state index in [1.165, 1.54) is 29.3 Å². The topological polar surface area (TPSA) is 126 Å². The summed E-state index contributed by atoms with van der Waals surface area (Å²) in [5.74, 6) is 0.278. The molecule has 0 saturated heterocycles. The summed E-state index contributed by atoms with van der Waals surface area (Å²) in [4.78, 5) is 24.3. The van der Waals surface area contributed by atoms with Crippen LogP contribution in [0.2, 0.25) is 10.0 Å². The molecule has 0 radical (unpaired) electrons. The van der Waals surface area contributed by atoms with E-state index >= 15 is 0 Å². The van der Waals surface area contributed by atoms with Crippen LogP contribution in [0.4, 0.5) is 10.5 Å². The first-order valence-electron chi connectivity index (χ1n) is 10.3. The van der Waals surface area contributed by atoms with Crippen LogP contribution in [0.1, 0.15) is 17.5 Å². The smallest absolute Gasteiger partial charge is 0.347 e. The van der Waals surface area contributed by atoms with Crippen LogP contribution in [0, 0.1) is 0 Å². The Morgan fingerprint density at radius 1 is 1.06 bits per heavy atom. The van der Waals surface area contributed by atoms with E-state index in [9.17, 15) is 9.59 Å². The fourth-order valence-corrected chi connectivity index (χ4v) is 4.47. The molecular formula is C23H18Cl2N6O3. The van der Waals surface area contributed by atoms with Crippen LogP contribution in [0.5, 0.6) is 11.6 Å². The molecule has 1 aromatic heterocycles. The second kappa shape index (κ2) is 8.51. The van der Waals surface area contributed by atoms with E-state index in [2.05, 4.69) is 33.3 Å². The molecule has 11 heteroatoms. The largest absolute Gasteiger partial charge is 0.434 e. The molecule has 2 aromatic carbocycles. The molecule has 1 aliphatic heterocycles. The Kier molecular flexibility index (Phi) is 5.51. The van der Waals surface area contributed by atoms with Gasteiger partial charge in [-0.1, -0.05) is 48.0 Å². The van der Waals surface area contributed by atoms with Crippen LogP contribution in [-0.4, -0.2) is 22.1 Å². The van der Waals surface area contributed by atoms with Gasteiger partial charge in [0, 0.05) is 6.07 Å². The molecule has 0 fully saturated rings. The average molecular weight is 497 g/mol. The van der Waals surface area contributed by atoms with Crippen LogP contribution in [0.25, 0.3) is 11.1 Å². The number of aromatic amines is 1. The van der Waals surface area contributed by atoms with E-state index in [1.807, 2.05) is 12.1 Å². The molecule has 0 bridgehead atoms. The number of carbonyl (C=O) groups excluding carboxylic acids is 1. The number of amides is 2. The van der Waals surface area contributed by atoms with Crippen LogP contribution >= 0.6 is 23.2 Å². The molecule has 2 amide bonds. The number of aryl methyl sites for hydroxylation is 2. The lowest BCUT2D eigenvalue weighted by Gasteiger charge is -2.24. The van der Waals surface area contributed by atoms with E-state index < -0.39 is 6.03 Å². The van der Waals surface area contributed by atoms with Gasteiger partial charge in [-0.2, -0.15) is 5.01 Å². The van der Waals surface area contributed by atoms with Crippen molar-refractivity contribution in [2.45, 2.75) is 19.3 Å². The van der Waals surface area contributed by atoms with Crippen molar-refractivity contribution in [2.24, 2.45) is 10.8 Å². The highest BCUT2D eigenvalue weighted by atomic mass is 35.5. The third kappa shape index (κ3) is 4.00. The Morgan fingerprint density at radius 3 is 2.56 bits per heavy atom. The lowest BCUT2D eigenvalue weighted by molar-refractivity contribution is 0.248. The number of rotatable bonds is 4. The number of amidine groups is 1. The van der Waals surface area contributed by atoms with Crippen LogP contribution in [0.15, 0.2) is 58.6 Å². The van der Waals surface area contributed by atoms with E-state index in [1.54, 1.807) is 0 Å². The molecule has 9 nitrogen and oxygen atoms in total. The van der Waals surface area contributed by atoms with Gasteiger partial charge in [0.15, 0.2) is 11.6 Å². The molecule has 0 saturated carbocycles. The zero-order valence-corrected chi connectivity index (χ0v) is 19.2. The number of ether oxygens (including phenoxy) is 1. The predicted octanol–water partition coefficient (Wildman–Crippen LogP) is 4.34. The fraction of sp³-hybridized carbons (Fsp3) is 0.130. The third-order valence-corrected chi connectivity index (χ3v) is 6.14. The van der Waals surface area contributed by atoms with Crippen molar-refractivity contribution in [3.63, 3.8) is 0 Å². The minimum Gasteiger partial charge on any atom is -0.434 e. The summed E-state index contributed by atoms with van der Waals surface area (Å²) in [6.07, 6.45) is 3.13. The third-order valence-electron chi connectivity index (χ3n) is 5.58. The summed E-state index contributed by atoms with van der Waals surface area (Å²) in [7, 11) is 0. The fourth-order valence-electron chi connectivity index (χ4n) is 3.91. The number of hydrazone groups is 1. The first-order valence-corrected chi connectivity index (χ1v) is 11.1. The number of anilines is 1. The zero-order chi connectivity index (χ0) is 24.0. The van der Waals surface area contributed by atoms with Crippen molar-refractivity contribution < 1.29 is 9.53 Å². The van der Waals surface area contributed by atoms with Crippen LogP contribution in [-0.2, 0) is 12.8 Å². The number of aromatic nitrogens is 2. The molecule has 4 N–H and O–H groups in total. The highest BCUT2D eigenvalue weighted by Crippen LogP contribution is 2.42. The van der Waals surface area contributed by atoms with Crippen molar-refractivity contribution in [2.75, 3.05) is 5.01 Å². The number of hydrogen-bond acceptors (Lipinski definition) is 6. The van der Waals surface area contributed by atoms with Gasteiger partial charge < -0.3 is 15.8 Å². The van der Waals surface area contributed by atoms with Crippen molar-refractivity contribution in [1.82, 2.24) is 15.5 Å². The number of nitrogens with two attached hydrogens (primary N) is 1. The minimum atomic E-state index is -0.568. The highest BCUT2D eigenvalue weighted by Gasteiger charge is 2.25. The van der Waals surface area contributed by atoms with E-state index in [0.717, 1.165) is 29.8 Å². The molecule has 5 rings (SSSR count). The molecular weight excluding hydrogens is 479 g/mol. The Hall–Kier alpha value is -3.82. The van der Waals surface area contributed by atoms with Gasteiger partial charge in [-0.05, 0) is 48.1 Å². The first-order chi connectivity index (χ1) is 16.3. The normalized spacial score (nSPS) is 15.1. The van der Waals surface area contributed by atoms with Crippen molar-refractivity contribution in [3.8, 4) is 22.8 Å². The summed E-state index contributed by atoms with van der Waals surface area (Å²) in [6.45, 7) is 3.61. The van der Waals surface area contributed by atoms with Crippen molar-refractivity contribution in [3.05, 3.63) is 80.2 Å². The predicted molar refractivity (Wildman–Crippen MR) is 131 cm³/mol. The Labute approximate surface area is 203 Å². The molecule has 2 heterocycles. The zero-order valence-electron chi connectivity index (χ0n) is 17.7. The summed E-state index contributed by atoms with van der Waals surface area (Å²) < 4.78 is 5.97. The van der Waals surface area contributed by atoms with Gasteiger partial charge in [-0.3, -0.25) is 4.79 Å². The molecule has 1 aliphatic carbocycles. The lowest BCUT2D eigenvalue weighted by atomic mass is 10.0. The highest BCUT2D eigenvalue weighted by molar-refractivity contribution is 6.37. The lowest BCUT2D eigenvalue weighted by Crippen LogP contribution is -2.45. The summed E-state index contributed by atoms with van der Waals surface area (Å²) >= 11 is 12.9. The maximum atomic E-state index is 12.3. The number of nitrogens with zero attached hydrogens (tertiary/aromatic N) is 3. The number of H-pyrrole nitrogens is 1. The van der Waals surface area contributed by atoms with E-state index in [4.69, 9.17) is 33.7 Å². The number of urea groups is 1. The molecule has 3 aromatic rings. The molecule has 34 heavy (non-hydrogen) atoms. The molecule has 0 atom stereocenters. The maximum Gasteiger partial charge on any atom is 0.347 e. The Bertz CT molecular complexity index is 1430. The maximum absolute atomic E-state index is 12.3. The van der Waals surface area contributed by atoms with Crippen LogP contribution < -0.4 is 26.4 Å². The second-order valence-corrected chi connectivity index (χ2v) is 8.65. The minimum absolute atomic E-state index is 0.0450. The summed E-state index contributed by atoms with van der Waals surface area (Å²) in [6, 6.07) is 9.79. The van der Waals surface area contributed by atoms with Gasteiger partial charge in [0.2, 0.25) is 5.88 Å². The number of benzene rings is 2. The second-order valence-electron chi connectivity index (χ2n) is 7.83. The SMILES string of the molecule is C=C1NC(=O)N(c2cc(Cl)c(Oc3n[nH]c(=O)cc3-c3ccc4c(c3)CCC4)c(Cl)c2)N=C1N.